The predicted octanol–water partition coefficient (Wildman–Crippen LogP) is 1.90. The van der Waals surface area contributed by atoms with Crippen molar-refractivity contribution >= 4 is 0 Å². The molecular formula is C18H29N3O2. The Bertz CT molecular complexity index is 579. The third-order valence-electron chi connectivity index (χ3n) is 4.96. The minimum atomic E-state index is -0.0237. The summed E-state index contributed by atoms with van der Waals surface area (Å²) in [6, 6.07) is 3.52. The van der Waals surface area contributed by atoms with Gasteiger partial charge in [0.05, 0.1) is 12.2 Å². The zero-order valence-electron chi connectivity index (χ0n) is 14.6. The molecule has 1 aromatic rings. The first-order chi connectivity index (χ1) is 10.9. The summed E-state index contributed by atoms with van der Waals surface area (Å²) in [7, 11) is 0. The zero-order chi connectivity index (χ0) is 16.4. The second-order valence-electron chi connectivity index (χ2n) is 8.13. The van der Waals surface area contributed by atoms with E-state index >= 15 is 0 Å². The molecule has 0 bridgehead atoms. The lowest BCUT2D eigenvalue weighted by atomic mass is 9.92. The molecule has 2 aliphatic rings. The van der Waals surface area contributed by atoms with Crippen molar-refractivity contribution in [2.24, 2.45) is 11.8 Å². The largest absolute Gasteiger partial charge is 0.381 e. The molecule has 0 aromatic carbocycles. The zero-order valence-corrected chi connectivity index (χ0v) is 14.6. The molecular weight excluding hydrogens is 290 g/mol. The fourth-order valence-electron chi connectivity index (χ4n) is 3.46. The van der Waals surface area contributed by atoms with Gasteiger partial charge in [-0.2, -0.15) is 5.10 Å². The molecule has 2 aliphatic heterocycles. The lowest BCUT2D eigenvalue weighted by Crippen LogP contribution is -2.51. The van der Waals surface area contributed by atoms with E-state index in [1.54, 1.807) is 10.7 Å². The molecule has 0 amide bonds. The van der Waals surface area contributed by atoms with Gasteiger partial charge in [0.15, 0.2) is 0 Å². The lowest BCUT2D eigenvalue weighted by molar-refractivity contribution is 0.0204. The minimum absolute atomic E-state index is 0.0147. The van der Waals surface area contributed by atoms with E-state index in [1.165, 1.54) is 19.4 Å². The Kier molecular flexibility index (Phi) is 4.87. The maximum Gasteiger partial charge on any atom is 0.266 e. The number of nitrogens with zero attached hydrogens (tertiary/aromatic N) is 3. The molecule has 3 heterocycles. The average Bonchev–Trinajstić information content (AvgIpc) is 2.47. The molecule has 2 fully saturated rings. The maximum atomic E-state index is 12.0. The number of aromatic nitrogens is 2. The van der Waals surface area contributed by atoms with E-state index in [-0.39, 0.29) is 11.0 Å². The highest BCUT2D eigenvalue weighted by molar-refractivity contribution is 5.10. The van der Waals surface area contributed by atoms with Crippen LogP contribution in [0.15, 0.2) is 16.9 Å². The van der Waals surface area contributed by atoms with E-state index in [2.05, 4.69) is 30.8 Å². The number of ether oxygens (including phenoxy) is 1. The van der Waals surface area contributed by atoms with Crippen molar-refractivity contribution in [1.29, 1.82) is 0 Å². The van der Waals surface area contributed by atoms with Crippen LogP contribution >= 0.6 is 0 Å². The van der Waals surface area contributed by atoms with Crippen molar-refractivity contribution in [3.05, 3.63) is 28.2 Å². The summed E-state index contributed by atoms with van der Waals surface area (Å²) >= 11 is 0. The van der Waals surface area contributed by atoms with Crippen molar-refractivity contribution in [3.8, 4) is 0 Å². The summed E-state index contributed by atoms with van der Waals surface area (Å²) in [6.07, 6.45) is 2.38. The Labute approximate surface area is 138 Å². The topological polar surface area (TPSA) is 47.4 Å². The van der Waals surface area contributed by atoms with Crippen LogP contribution in [-0.2, 0) is 16.7 Å². The number of hydrogen-bond donors (Lipinski definition) is 0. The maximum absolute atomic E-state index is 12.0. The Morgan fingerprint density at radius 1 is 1.13 bits per heavy atom. The quantitative estimate of drug-likeness (QED) is 0.850. The van der Waals surface area contributed by atoms with Gasteiger partial charge in [-0.15, -0.1) is 0 Å². The van der Waals surface area contributed by atoms with Crippen LogP contribution in [0.4, 0.5) is 0 Å². The van der Waals surface area contributed by atoms with Crippen LogP contribution in [0.5, 0.6) is 0 Å². The van der Waals surface area contributed by atoms with Crippen molar-refractivity contribution in [2.75, 3.05) is 32.8 Å². The van der Waals surface area contributed by atoms with Gasteiger partial charge in [0.2, 0.25) is 0 Å². The number of likely N-dealkylation sites (tertiary alicyclic amines) is 1. The smallest absolute Gasteiger partial charge is 0.266 e. The van der Waals surface area contributed by atoms with Gasteiger partial charge in [0.25, 0.3) is 5.56 Å². The Hall–Kier alpha value is -1.20. The van der Waals surface area contributed by atoms with Crippen LogP contribution < -0.4 is 5.56 Å². The Balaban J connectivity index is 1.52. The molecule has 0 N–H and O–H groups in total. The van der Waals surface area contributed by atoms with Gasteiger partial charge in [-0.3, -0.25) is 4.79 Å². The molecule has 0 aliphatic carbocycles. The van der Waals surface area contributed by atoms with Crippen molar-refractivity contribution in [1.82, 2.24) is 14.7 Å². The fraction of sp³-hybridized carbons (Fsp3) is 0.778. The van der Waals surface area contributed by atoms with Crippen LogP contribution in [0.3, 0.4) is 0 Å². The molecule has 0 atom stereocenters. The molecule has 23 heavy (non-hydrogen) atoms. The number of rotatable bonds is 4. The predicted molar refractivity (Wildman–Crippen MR) is 90.7 cm³/mol. The summed E-state index contributed by atoms with van der Waals surface area (Å²) in [4.78, 5) is 14.6. The minimum Gasteiger partial charge on any atom is -0.381 e. The first-order valence-corrected chi connectivity index (χ1v) is 8.80. The van der Waals surface area contributed by atoms with Gasteiger partial charge in [0, 0.05) is 50.2 Å². The molecule has 5 nitrogen and oxygen atoms in total. The molecule has 0 saturated carbocycles. The van der Waals surface area contributed by atoms with Crippen LogP contribution in [0, 0.1) is 11.8 Å². The van der Waals surface area contributed by atoms with Crippen LogP contribution in [-0.4, -0.2) is 47.5 Å². The van der Waals surface area contributed by atoms with E-state index < -0.39 is 0 Å². The first-order valence-electron chi connectivity index (χ1n) is 8.80. The molecule has 3 rings (SSSR count). The van der Waals surface area contributed by atoms with Crippen molar-refractivity contribution in [3.63, 3.8) is 0 Å². The molecule has 0 unspecified atom stereocenters. The highest BCUT2D eigenvalue weighted by Crippen LogP contribution is 2.23. The fourth-order valence-corrected chi connectivity index (χ4v) is 3.46. The first kappa shape index (κ1) is 16.7. The highest BCUT2D eigenvalue weighted by Gasteiger charge is 2.30. The van der Waals surface area contributed by atoms with Crippen molar-refractivity contribution < 1.29 is 4.74 Å². The molecule has 2 saturated heterocycles. The van der Waals surface area contributed by atoms with Crippen molar-refractivity contribution in [2.45, 2.75) is 45.6 Å². The summed E-state index contributed by atoms with van der Waals surface area (Å²) in [5.41, 5.74) is 0.973. The average molecular weight is 319 g/mol. The standard InChI is InChI=1S/C18H29N3O2/c1-18(2,3)16-4-5-17(22)21(19-16)13-15-11-20(12-15)10-14-6-8-23-9-7-14/h4-5,14-15H,6-13H2,1-3H3. The van der Waals surface area contributed by atoms with Gasteiger partial charge in [-0.1, -0.05) is 20.8 Å². The van der Waals surface area contributed by atoms with E-state index in [9.17, 15) is 4.79 Å². The van der Waals surface area contributed by atoms with E-state index in [0.29, 0.717) is 5.92 Å². The van der Waals surface area contributed by atoms with Gasteiger partial charge in [0.1, 0.15) is 0 Å². The van der Waals surface area contributed by atoms with Crippen LogP contribution in [0.25, 0.3) is 0 Å². The van der Waals surface area contributed by atoms with E-state index in [1.807, 2.05) is 6.07 Å². The van der Waals surface area contributed by atoms with E-state index in [4.69, 9.17) is 4.74 Å². The molecule has 128 valence electrons. The van der Waals surface area contributed by atoms with Gasteiger partial charge >= 0.3 is 0 Å². The highest BCUT2D eigenvalue weighted by atomic mass is 16.5. The summed E-state index contributed by atoms with van der Waals surface area (Å²) in [5, 5.41) is 4.58. The summed E-state index contributed by atoms with van der Waals surface area (Å²) in [5.74, 6) is 1.34. The monoisotopic (exact) mass is 319 g/mol. The second kappa shape index (κ2) is 6.73. The molecule has 1 aromatic heterocycles. The SMILES string of the molecule is CC(C)(C)c1ccc(=O)n(CC2CN(CC3CCOCC3)C2)n1. The third kappa shape index (κ3) is 4.21. The molecule has 0 spiro atoms. The summed E-state index contributed by atoms with van der Waals surface area (Å²) < 4.78 is 7.08. The van der Waals surface area contributed by atoms with Gasteiger partial charge in [-0.25, -0.2) is 4.68 Å². The third-order valence-corrected chi connectivity index (χ3v) is 4.96. The normalized spacial score (nSPS) is 21.3. The summed E-state index contributed by atoms with van der Waals surface area (Å²) in [6.45, 7) is 12.3. The second-order valence-corrected chi connectivity index (χ2v) is 8.13. The number of hydrogen-bond acceptors (Lipinski definition) is 4. The van der Waals surface area contributed by atoms with Crippen LogP contribution in [0.1, 0.15) is 39.3 Å². The molecule has 5 heteroatoms. The lowest BCUT2D eigenvalue weighted by Gasteiger charge is -2.41. The van der Waals surface area contributed by atoms with E-state index in [0.717, 1.165) is 44.5 Å². The Morgan fingerprint density at radius 2 is 1.83 bits per heavy atom. The van der Waals surface area contributed by atoms with Gasteiger partial charge in [-0.05, 0) is 24.8 Å². The van der Waals surface area contributed by atoms with Gasteiger partial charge < -0.3 is 9.64 Å². The van der Waals surface area contributed by atoms with Crippen LogP contribution in [0.2, 0.25) is 0 Å². The molecule has 0 radical (unpaired) electrons. The Morgan fingerprint density at radius 3 is 2.48 bits per heavy atom.